The molecule has 3 rings (SSSR count). The smallest absolute Gasteiger partial charge is 0.471 e. The largest absolute Gasteiger partial charge is 0.471 e. The maximum atomic E-state index is 12.5. The van der Waals surface area contributed by atoms with Gasteiger partial charge >= 0.3 is 12.1 Å². The third-order valence-electron chi connectivity index (χ3n) is 2.86. The lowest BCUT2D eigenvalue weighted by atomic mass is 10.2. The Kier molecular flexibility index (Phi) is 4.11. The Morgan fingerprint density at radius 3 is 2.67 bits per heavy atom. The van der Waals surface area contributed by atoms with E-state index in [1.54, 1.807) is 12.4 Å². The average Bonchev–Trinajstić information content (AvgIpc) is 3.05. The van der Waals surface area contributed by atoms with Gasteiger partial charge in [-0.25, -0.2) is 4.98 Å². The van der Waals surface area contributed by atoms with Crippen LogP contribution >= 0.6 is 0 Å². The summed E-state index contributed by atoms with van der Waals surface area (Å²) in [6.07, 6.45) is -0.161. The second kappa shape index (κ2) is 6.22. The third kappa shape index (κ3) is 3.65. The van der Waals surface area contributed by atoms with Gasteiger partial charge < -0.3 is 9.26 Å². The fourth-order valence-electron chi connectivity index (χ4n) is 1.73. The number of rotatable bonds is 4. The molecule has 0 bridgehead atoms. The van der Waals surface area contributed by atoms with Gasteiger partial charge in [0.2, 0.25) is 11.7 Å². The molecule has 3 heterocycles. The fourth-order valence-corrected chi connectivity index (χ4v) is 1.73. The van der Waals surface area contributed by atoms with E-state index >= 15 is 0 Å². The summed E-state index contributed by atoms with van der Waals surface area (Å²) in [5, 5.41) is 3.31. The van der Waals surface area contributed by atoms with Gasteiger partial charge in [-0.1, -0.05) is 5.16 Å². The first kappa shape index (κ1) is 15.8. The van der Waals surface area contributed by atoms with Crippen molar-refractivity contribution in [1.29, 1.82) is 0 Å². The number of aryl methyl sites for hydroxylation is 1. The summed E-state index contributed by atoms with van der Waals surface area (Å²) in [4.78, 5) is 15.5. The average molecular weight is 337 g/mol. The molecule has 0 aliphatic rings. The molecule has 0 saturated heterocycles. The molecule has 0 radical (unpaired) electrons. The van der Waals surface area contributed by atoms with Gasteiger partial charge in [0.1, 0.15) is 6.61 Å². The molecule has 0 spiro atoms. The molecule has 0 amide bonds. The van der Waals surface area contributed by atoms with Crippen molar-refractivity contribution in [1.82, 2.24) is 25.1 Å². The minimum Gasteiger partial charge on any atom is -0.471 e. The van der Waals surface area contributed by atoms with Crippen LogP contribution in [0.25, 0.3) is 11.4 Å². The number of hydrogen-bond donors (Lipinski definition) is 0. The van der Waals surface area contributed by atoms with Crippen LogP contribution in [0.15, 0.2) is 35.2 Å². The Bertz CT molecular complexity index is 833. The molecular formula is C14H10F3N5O2. The maximum Gasteiger partial charge on any atom is 0.471 e. The van der Waals surface area contributed by atoms with Crippen LogP contribution in [0.3, 0.4) is 0 Å². The van der Waals surface area contributed by atoms with Gasteiger partial charge in [0, 0.05) is 24.0 Å². The Hall–Kier alpha value is -3.04. The van der Waals surface area contributed by atoms with Crippen LogP contribution in [0, 0.1) is 6.92 Å². The van der Waals surface area contributed by atoms with E-state index in [0.29, 0.717) is 5.69 Å². The quantitative estimate of drug-likeness (QED) is 0.723. The van der Waals surface area contributed by atoms with Crippen LogP contribution < -0.4 is 4.74 Å². The molecule has 0 aromatic carbocycles. The van der Waals surface area contributed by atoms with Crippen LogP contribution in [0.5, 0.6) is 5.88 Å². The van der Waals surface area contributed by atoms with Gasteiger partial charge in [0.25, 0.3) is 0 Å². The van der Waals surface area contributed by atoms with Crippen LogP contribution in [0.2, 0.25) is 0 Å². The molecule has 0 fully saturated rings. The monoisotopic (exact) mass is 337 g/mol. The summed E-state index contributed by atoms with van der Waals surface area (Å²) in [5.41, 5.74) is 1.65. The van der Waals surface area contributed by atoms with Crippen LogP contribution in [0.1, 0.15) is 17.3 Å². The Morgan fingerprint density at radius 2 is 2.00 bits per heavy atom. The number of nitrogens with zero attached hydrogens (tertiary/aromatic N) is 5. The first-order chi connectivity index (χ1) is 11.4. The molecule has 7 nitrogen and oxygen atoms in total. The van der Waals surface area contributed by atoms with E-state index in [2.05, 4.69) is 29.6 Å². The van der Waals surface area contributed by atoms with Gasteiger partial charge in [-0.15, -0.1) is 0 Å². The number of aromatic nitrogens is 5. The molecule has 124 valence electrons. The van der Waals surface area contributed by atoms with Gasteiger partial charge in [0.05, 0.1) is 17.6 Å². The summed E-state index contributed by atoms with van der Waals surface area (Å²) in [6, 6.07) is 2.86. The second-order valence-electron chi connectivity index (χ2n) is 4.74. The number of halogens is 3. The summed E-state index contributed by atoms with van der Waals surface area (Å²) in [5.74, 6) is -1.43. The Morgan fingerprint density at radius 1 is 1.17 bits per heavy atom. The van der Waals surface area contributed by atoms with Crippen molar-refractivity contribution < 1.29 is 22.4 Å². The zero-order chi connectivity index (χ0) is 17.2. The SMILES string of the molecule is Cc1cnc(COc2cc(-c3noc(C(F)(F)F)n3)ccn2)cn1. The van der Waals surface area contributed by atoms with E-state index in [1.165, 1.54) is 18.3 Å². The van der Waals surface area contributed by atoms with E-state index in [4.69, 9.17) is 4.74 Å². The number of hydrogen-bond acceptors (Lipinski definition) is 7. The molecule has 0 aliphatic carbocycles. The van der Waals surface area contributed by atoms with Crippen molar-refractivity contribution in [3.63, 3.8) is 0 Å². The van der Waals surface area contributed by atoms with Crippen molar-refractivity contribution in [3.8, 4) is 17.3 Å². The highest BCUT2D eigenvalue weighted by Crippen LogP contribution is 2.29. The molecule has 10 heteroatoms. The van der Waals surface area contributed by atoms with Gasteiger partial charge in [-0.2, -0.15) is 18.2 Å². The topological polar surface area (TPSA) is 86.8 Å². The zero-order valence-corrected chi connectivity index (χ0v) is 12.3. The van der Waals surface area contributed by atoms with Gasteiger partial charge in [-0.05, 0) is 13.0 Å². The van der Waals surface area contributed by atoms with E-state index in [1.807, 2.05) is 6.92 Å². The van der Waals surface area contributed by atoms with E-state index in [0.717, 1.165) is 5.69 Å². The molecule has 0 saturated carbocycles. The van der Waals surface area contributed by atoms with Crippen molar-refractivity contribution in [3.05, 3.63) is 48.0 Å². The van der Waals surface area contributed by atoms with E-state index in [9.17, 15) is 13.2 Å². The molecule has 0 aliphatic heterocycles. The van der Waals surface area contributed by atoms with Crippen LogP contribution in [0.4, 0.5) is 13.2 Å². The normalized spacial score (nSPS) is 11.5. The minimum absolute atomic E-state index is 0.115. The maximum absolute atomic E-state index is 12.5. The van der Waals surface area contributed by atoms with Gasteiger partial charge in [-0.3, -0.25) is 9.97 Å². The zero-order valence-electron chi connectivity index (χ0n) is 12.3. The summed E-state index contributed by atoms with van der Waals surface area (Å²) in [7, 11) is 0. The van der Waals surface area contributed by atoms with Crippen molar-refractivity contribution in [2.24, 2.45) is 0 Å². The van der Waals surface area contributed by atoms with E-state index in [-0.39, 0.29) is 23.9 Å². The lowest BCUT2D eigenvalue weighted by Crippen LogP contribution is -2.04. The molecule has 3 aromatic heterocycles. The molecule has 0 atom stereocenters. The van der Waals surface area contributed by atoms with E-state index < -0.39 is 12.1 Å². The predicted octanol–water partition coefficient (Wildman–Crippen LogP) is 2.83. The van der Waals surface area contributed by atoms with Crippen molar-refractivity contribution in [2.75, 3.05) is 0 Å². The first-order valence-corrected chi connectivity index (χ1v) is 6.69. The standard InChI is InChI=1S/C14H10F3N5O2/c1-8-5-20-10(6-19-8)7-23-11-4-9(2-3-18-11)12-21-13(24-22-12)14(15,16)17/h2-6H,7H2,1H3. The highest BCUT2D eigenvalue weighted by atomic mass is 19.4. The minimum atomic E-state index is -4.69. The van der Waals surface area contributed by atoms with Crippen molar-refractivity contribution >= 4 is 0 Å². The van der Waals surface area contributed by atoms with Crippen LogP contribution in [-0.2, 0) is 12.8 Å². The fraction of sp³-hybridized carbons (Fsp3) is 0.214. The Labute approximate surface area is 133 Å². The second-order valence-corrected chi connectivity index (χ2v) is 4.74. The lowest BCUT2D eigenvalue weighted by molar-refractivity contribution is -0.159. The Balaban J connectivity index is 1.74. The molecular weight excluding hydrogens is 327 g/mol. The summed E-state index contributed by atoms with van der Waals surface area (Å²) >= 11 is 0. The lowest BCUT2D eigenvalue weighted by Gasteiger charge is -2.05. The first-order valence-electron chi connectivity index (χ1n) is 6.69. The highest BCUT2D eigenvalue weighted by molar-refractivity contribution is 5.55. The summed E-state index contributed by atoms with van der Waals surface area (Å²) in [6.45, 7) is 1.92. The number of pyridine rings is 1. The molecule has 24 heavy (non-hydrogen) atoms. The van der Waals surface area contributed by atoms with Crippen molar-refractivity contribution in [2.45, 2.75) is 19.7 Å². The molecule has 0 N–H and O–H groups in total. The van der Waals surface area contributed by atoms with Gasteiger partial charge in [0.15, 0.2) is 0 Å². The number of alkyl halides is 3. The predicted molar refractivity (Wildman–Crippen MR) is 73.6 cm³/mol. The third-order valence-corrected chi connectivity index (χ3v) is 2.86. The number of ether oxygens (including phenoxy) is 1. The molecule has 0 unspecified atom stereocenters. The summed E-state index contributed by atoms with van der Waals surface area (Å²) < 4.78 is 47.1. The highest BCUT2D eigenvalue weighted by Gasteiger charge is 2.38. The molecule has 3 aromatic rings. The van der Waals surface area contributed by atoms with Crippen LogP contribution in [-0.4, -0.2) is 25.1 Å².